The number of nitrogens with zero attached hydrogens (tertiary/aromatic N) is 2. The number of H-pyrrole nitrogens is 1. The van der Waals surface area contributed by atoms with Crippen molar-refractivity contribution in [2.45, 2.75) is 0 Å². The van der Waals surface area contributed by atoms with Crippen molar-refractivity contribution in [3.8, 4) is 11.1 Å². The van der Waals surface area contributed by atoms with Crippen LogP contribution in [0.15, 0.2) is 47.5 Å². The summed E-state index contributed by atoms with van der Waals surface area (Å²) in [7, 11) is 0. The number of aromatic nitrogens is 3. The lowest BCUT2D eigenvalue weighted by Gasteiger charge is -2.05. The molecule has 0 spiro atoms. The Hall–Kier alpha value is -2.20. The van der Waals surface area contributed by atoms with E-state index in [9.17, 15) is 4.79 Å². The van der Waals surface area contributed by atoms with E-state index in [4.69, 9.17) is 11.6 Å². The van der Waals surface area contributed by atoms with E-state index in [-0.39, 0.29) is 5.56 Å². The maximum atomic E-state index is 11.6. The maximum absolute atomic E-state index is 11.6. The van der Waals surface area contributed by atoms with E-state index in [1.165, 1.54) is 6.20 Å². The van der Waals surface area contributed by atoms with Gasteiger partial charge >= 0.3 is 0 Å². The van der Waals surface area contributed by atoms with Gasteiger partial charge in [0, 0.05) is 16.5 Å². The summed E-state index contributed by atoms with van der Waals surface area (Å²) in [5.41, 5.74) is 2.24. The van der Waals surface area contributed by atoms with Crippen LogP contribution in [0.2, 0.25) is 5.02 Å². The lowest BCUT2D eigenvalue weighted by molar-refractivity contribution is 1.04. The molecule has 0 amide bonds. The van der Waals surface area contributed by atoms with Gasteiger partial charge < -0.3 is 4.98 Å². The van der Waals surface area contributed by atoms with Crippen LogP contribution in [0.1, 0.15) is 0 Å². The van der Waals surface area contributed by atoms with Gasteiger partial charge in [0.1, 0.15) is 0 Å². The van der Waals surface area contributed by atoms with E-state index in [1.54, 1.807) is 24.4 Å². The van der Waals surface area contributed by atoms with Gasteiger partial charge in [0.15, 0.2) is 0 Å². The molecule has 0 fully saturated rings. The molecule has 0 aliphatic heterocycles. The van der Waals surface area contributed by atoms with Crippen LogP contribution < -0.4 is 5.56 Å². The number of nitrogens with one attached hydrogen (secondary N) is 1. The third kappa shape index (κ3) is 1.87. The molecule has 0 radical (unpaired) electrons. The molecule has 18 heavy (non-hydrogen) atoms. The molecule has 0 aliphatic rings. The molecule has 0 atom stereocenters. The van der Waals surface area contributed by atoms with Crippen LogP contribution in [0.25, 0.3) is 22.0 Å². The Morgan fingerprint density at radius 1 is 1.06 bits per heavy atom. The lowest BCUT2D eigenvalue weighted by atomic mass is 10.0. The molecule has 5 heteroatoms. The first-order chi connectivity index (χ1) is 8.74. The first kappa shape index (κ1) is 10.9. The van der Waals surface area contributed by atoms with E-state index in [2.05, 4.69) is 15.2 Å². The summed E-state index contributed by atoms with van der Waals surface area (Å²) in [6, 6.07) is 8.87. The van der Waals surface area contributed by atoms with Crippen molar-refractivity contribution < 1.29 is 0 Å². The molecular formula is C13H8ClN3O. The summed E-state index contributed by atoms with van der Waals surface area (Å²) in [4.78, 5) is 14.3. The lowest BCUT2D eigenvalue weighted by Crippen LogP contribution is -2.05. The molecule has 2 aromatic heterocycles. The summed E-state index contributed by atoms with van der Waals surface area (Å²) in [5.74, 6) is 0. The number of benzene rings is 1. The van der Waals surface area contributed by atoms with Crippen molar-refractivity contribution >= 4 is 22.5 Å². The zero-order chi connectivity index (χ0) is 12.5. The van der Waals surface area contributed by atoms with Crippen LogP contribution in [-0.4, -0.2) is 15.2 Å². The molecule has 0 unspecified atom stereocenters. The zero-order valence-corrected chi connectivity index (χ0v) is 9.98. The summed E-state index contributed by atoms with van der Waals surface area (Å²) in [6.07, 6.45) is 3.17. The summed E-state index contributed by atoms with van der Waals surface area (Å²) >= 11 is 5.86. The Bertz CT molecular complexity index is 765. The van der Waals surface area contributed by atoms with E-state index in [0.717, 1.165) is 16.5 Å². The van der Waals surface area contributed by atoms with Crippen LogP contribution in [0.5, 0.6) is 0 Å². The number of rotatable bonds is 1. The van der Waals surface area contributed by atoms with Crippen LogP contribution in [0.4, 0.5) is 0 Å². The van der Waals surface area contributed by atoms with Crippen LogP contribution in [0, 0.1) is 0 Å². The SMILES string of the molecule is O=c1cc(-c2ccc(Cl)cc2)c2cnncc2[nH]1. The molecular weight excluding hydrogens is 250 g/mol. The van der Waals surface area contributed by atoms with Gasteiger partial charge in [-0.1, -0.05) is 23.7 Å². The maximum Gasteiger partial charge on any atom is 0.249 e. The summed E-state index contributed by atoms with van der Waals surface area (Å²) in [6.45, 7) is 0. The van der Waals surface area contributed by atoms with Crippen molar-refractivity contribution in [2.24, 2.45) is 0 Å². The Labute approximate surface area is 107 Å². The predicted octanol–water partition coefficient (Wildman–Crippen LogP) is 2.64. The number of pyridine rings is 1. The Kier molecular flexibility index (Phi) is 2.57. The van der Waals surface area contributed by atoms with Crippen molar-refractivity contribution in [2.75, 3.05) is 0 Å². The Morgan fingerprint density at radius 2 is 1.78 bits per heavy atom. The fraction of sp³-hybridized carbons (Fsp3) is 0. The van der Waals surface area contributed by atoms with Gasteiger partial charge in [0.2, 0.25) is 5.56 Å². The van der Waals surface area contributed by atoms with Gasteiger partial charge in [0.25, 0.3) is 0 Å². The molecule has 2 heterocycles. The normalized spacial score (nSPS) is 10.7. The van der Waals surface area contributed by atoms with Crippen molar-refractivity contribution in [1.82, 2.24) is 15.2 Å². The van der Waals surface area contributed by atoms with Crippen LogP contribution >= 0.6 is 11.6 Å². The zero-order valence-electron chi connectivity index (χ0n) is 9.22. The quantitative estimate of drug-likeness (QED) is 0.729. The molecule has 0 saturated heterocycles. The van der Waals surface area contributed by atoms with Gasteiger partial charge in [-0.25, -0.2) is 0 Å². The van der Waals surface area contributed by atoms with Crippen LogP contribution in [-0.2, 0) is 0 Å². The molecule has 1 aromatic carbocycles. The third-order valence-electron chi connectivity index (χ3n) is 2.71. The molecule has 88 valence electrons. The molecule has 0 saturated carbocycles. The largest absolute Gasteiger partial charge is 0.320 e. The second-order valence-electron chi connectivity index (χ2n) is 3.87. The number of hydrogen-bond acceptors (Lipinski definition) is 3. The first-order valence-corrected chi connectivity index (χ1v) is 5.71. The van der Waals surface area contributed by atoms with Gasteiger partial charge in [-0.05, 0) is 23.3 Å². The Balaban J connectivity index is 2.34. The number of halogens is 1. The van der Waals surface area contributed by atoms with Gasteiger partial charge in [-0.15, -0.1) is 0 Å². The van der Waals surface area contributed by atoms with E-state index >= 15 is 0 Å². The number of hydrogen-bond donors (Lipinski definition) is 1. The fourth-order valence-electron chi connectivity index (χ4n) is 1.88. The van der Waals surface area contributed by atoms with Crippen molar-refractivity contribution in [3.63, 3.8) is 0 Å². The van der Waals surface area contributed by atoms with Crippen molar-refractivity contribution in [3.05, 3.63) is 58.1 Å². The minimum Gasteiger partial charge on any atom is -0.320 e. The molecule has 0 bridgehead atoms. The highest BCUT2D eigenvalue weighted by atomic mass is 35.5. The van der Waals surface area contributed by atoms with E-state index in [0.29, 0.717) is 10.5 Å². The Morgan fingerprint density at radius 3 is 2.56 bits per heavy atom. The average molecular weight is 258 g/mol. The minimum absolute atomic E-state index is 0.166. The van der Waals surface area contributed by atoms with Gasteiger partial charge in [-0.2, -0.15) is 10.2 Å². The predicted molar refractivity (Wildman–Crippen MR) is 70.6 cm³/mol. The van der Waals surface area contributed by atoms with E-state index in [1.807, 2.05) is 12.1 Å². The standard InChI is InChI=1S/C13H8ClN3O/c14-9-3-1-8(2-4-9)10-5-13(18)17-12-7-16-15-6-11(10)12/h1-7H,(H,17,18). The highest BCUT2D eigenvalue weighted by Gasteiger charge is 2.06. The molecule has 1 N–H and O–H groups in total. The topological polar surface area (TPSA) is 58.6 Å². The van der Waals surface area contributed by atoms with Gasteiger partial charge in [0.05, 0.1) is 17.9 Å². The molecule has 3 aromatic rings. The second-order valence-corrected chi connectivity index (χ2v) is 4.31. The summed E-state index contributed by atoms with van der Waals surface area (Å²) in [5, 5.41) is 9.12. The average Bonchev–Trinajstić information content (AvgIpc) is 2.38. The first-order valence-electron chi connectivity index (χ1n) is 5.34. The summed E-state index contributed by atoms with van der Waals surface area (Å²) < 4.78 is 0. The third-order valence-corrected chi connectivity index (χ3v) is 2.96. The molecule has 0 aliphatic carbocycles. The molecule has 3 rings (SSSR count). The van der Waals surface area contributed by atoms with Crippen LogP contribution in [0.3, 0.4) is 0 Å². The van der Waals surface area contributed by atoms with Gasteiger partial charge in [-0.3, -0.25) is 4.79 Å². The van der Waals surface area contributed by atoms with E-state index < -0.39 is 0 Å². The highest BCUT2D eigenvalue weighted by Crippen LogP contribution is 2.26. The number of aromatic amines is 1. The monoisotopic (exact) mass is 257 g/mol. The second kappa shape index (κ2) is 4.23. The smallest absolute Gasteiger partial charge is 0.249 e. The minimum atomic E-state index is -0.166. The fourth-order valence-corrected chi connectivity index (χ4v) is 2.01. The number of fused-ring (bicyclic) bond motifs is 1. The highest BCUT2D eigenvalue weighted by molar-refractivity contribution is 6.30. The molecule has 4 nitrogen and oxygen atoms in total. The van der Waals surface area contributed by atoms with Crippen molar-refractivity contribution in [1.29, 1.82) is 0 Å².